The number of thiazole rings is 3. The lowest BCUT2D eigenvalue weighted by Crippen LogP contribution is -2.08. The SMILES string of the molecule is CC1CC1S(=O)c1cc2c(cn1)nc(-c1nccs1)n2-c1ccccc1.CCCCS(=O)c1nc2c(nc1C)c(-c1ccccn1)nn2C(C)C.CCCCS(=O)c1ncc2sc(-c3ccccc3)nc2n1.Cc1cn(-c2nc3nc(S(=O)C4CC4C)c(N)cc3s2)cn1. The Morgan fingerprint density at radius 1 is 0.670 bits per heavy atom. The van der Waals surface area contributed by atoms with Crippen LogP contribution in [0.15, 0.2) is 154 Å². The molecule has 28 heteroatoms. The number of hydrogen-bond acceptors (Lipinski definition) is 21. The lowest BCUT2D eigenvalue weighted by atomic mass is 10.2. The first-order valence-electron chi connectivity index (χ1n) is 30.9. The summed E-state index contributed by atoms with van der Waals surface area (Å²) in [7, 11) is -4.48. The van der Waals surface area contributed by atoms with E-state index in [2.05, 4.69) is 77.1 Å². The molecular formula is C66H69N17O4S7. The molecule has 2 N–H and O–H groups in total. The summed E-state index contributed by atoms with van der Waals surface area (Å²) in [6.07, 6.45) is 16.4. The molecule has 2 aliphatic carbocycles. The molecule has 15 rings (SSSR count). The number of para-hydroxylation sites is 1. The largest absolute Gasteiger partial charge is 0.396 e. The highest BCUT2D eigenvalue weighted by atomic mass is 32.2. The van der Waals surface area contributed by atoms with E-state index in [4.69, 9.17) is 25.8 Å². The van der Waals surface area contributed by atoms with E-state index in [1.807, 2.05) is 140 Å². The van der Waals surface area contributed by atoms with Crippen LogP contribution in [0.4, 0.5) is 5.69 Å². The Morgan fingerprint density at radius 3 is 2.03 bits per heavy atom. The highest BCUT2D eigenvalue weighted by Gasteiger charge is 2.41. The van der Waals surface area contributed by atoms with Crippen LogP contribution in [0.2, 0.25) is 0 Å². The Balaban J connectivity index is 0.000000121. The lowest BCUT2D eigenvalue weighted by Gasteiger charge is -2.08. The van der Waals surface area contributed by atoms with Crippen LogP contribution in [0.5, 0.6) is 0 Å². The van der Waals surface area contributed by atoms with Gasteiger partial charge in [-0.25, -0.2) is 49.5 Å². The van der Waals surface area contributed by atoms with Gasteiger partial charge in [0.05, 0.1) is 93.3 Å². The number of aromatic nitrogens is 16. The van der Waals surface area contributed by atoms with Crippen LogP contribution in [0.3, 0.4) is 0 Å². The van der Waals surface area contributed by atoms with Crippen LogP contribution >= 0.6 is 34.0 Å². The first kappa shape index (κ1) is 66.0. The number of pyridine rings is 3. The smallest absolute Gasteiger partial charge is 0.220 e. The summed E-state index contributed by atoms with van der Waals surface area (Å²) in [4.78, 5) is 53.7. The molecule has 0 aliphatic heterocycles. The molecule has 2 saturated carbocycles. The summed E-state index contributed by atoms with van der Waals surface area (Å²) in [5.41, 5.74) is 16.0. The second-order valence-electron chi connectivity index (χ2n) is 23.1. The van der Waals surface area contributed by atoms with Crippen LogP contribution < -0.4 is 5.73 Å². The predicted molar refractivity (Wildman–Crippen MR) is 378 cm³/mol. The lowest BCUT2D eigenvalue weighted by molar-refractivity contribution is 0.546. The van der Waals surface area contributed by atoms with Gasteiger partial charge in [0.2, 0.25) is 5.16 Å². The highest BCUT2D eigenvalue weighted by Crippen LogP contribution is 2.41. The molecule has 0 amide bonds. The third-order valence-corrected chi connectivity index (χ3v) is 24.8. The maximum Gasteiger partial charge on any atom is 0.220 e. The van der Waals surface area contributed by atoms with Crippen molar-refractivity contribution in [2.24, 2.45) is 11.8 Å². The summed E-state index contributed by atoms with van der Waals surface area (Å²) in [5, 5.41) is 11.7. The molecule has 11 aromatic heterocycles. The Kier molecular flexibility index (Phi) is 20.6. The van der Waals surface area contributed by atoms with E-state index in [0.717, 1.165) is 103 Å². The molecule has 21 nitrogen and oxygen atoms in total. The van der Waals surface area contributed by atoms with Gasteiger partial charge in [-0.05, 0) is 102 Å². The van der Waals surface area contributed by atoms with Gasteiger partial charge in [-0.3, -0.25) is 31.0 Å². The number of anilines is 1. The van der Waals surface area contributed by atoms with Crippen molar-refractivity contribution in [2.75, 3.05) is 17.2 Å². The van der Waals surface area contributed by atoms with Gasteiger partial charge in [-0.15, -0.1) is 22.7 Å². The van der Waals surface area contributed by atoms with E-state index in [1.165, 1.54) is 11.3 Å². The molecule has 0 spiro atoms. The summed E-state index contributed by atoms with van der Waals surface area (Å²) >= 11 is 4.60. The standard InChI is InChI=1S/C19H16N4OS2.C18H23N5OS.C15H15N3OS2.C14H15N5OS2/c1-12-9-16(12)26(24)17-10-15-14(11-21-17)22-18(19-20-7-8-25-19)23(15)13-5-3-2-4-6-13;1-5-6-11-25(24)18-13(4)20-16-15(14-9-7-8-10-19-14)22-23(12(2)3)17(16)21-18;1-2-3-9-21(19)15-16-10-12-13(18-15)17-14(20-12)11-7-5-4-6-8-11;1-7-3-11(7)22(20)13-9(15)4-10-12(17-13)18-14(21-10)19-5-8(2)16-6-19/h2-8,10-12,16H,9H2,1H3;7-10,12H,5-6,11H2,1-4H3;4-8,10H,2-3,9H2,1H3;4-7,11H,3,15H2,1-2H3. The number of rotatable bonds is 18. The first-order valence-corrected chi connectivity index (χ1v) is 38.5. The van der Waals surface area contributed by atoms with E-state index < -0.39 is 43.2 Å². The predicted octanol–water partition coefficient (Wildman–Crippen LogP) is 13.7. The molecule has 13 aromatic rings. The number of benzene rings is 2. The Hall–Kier alpha value is -7.99. The highest BCUT2D eigenvalue weighted by molar-refractivity contribution is 7.86. The molecule has 0 radical (unpaired) electrons. The molecule has 94 heavy (non-hydrogen) atoms. The van der Waals surface area contributed by atoms with E-state index in [1.54, 1.807) is 53.8 Å². The van der Waals surface area contributed by atoms with Crippen LogP contribution in [-0.4, -0.2) is 118 Å². The molecule has 2 aromatic carbocycles. The minimum absolute atomic E-state index is 0.119. The first-order chi connectivity index (χ1) is 45.5. The van der Waals surface area contributed by atoms with Crippen molar-refractivity contribution >= 4 is 126 Å². The molecule has 0 saturated heterocycles. The maximum atomic E-state index is 12.8. The number of fused-ring (bicyclic) bond motifs is 4. The van der Waals surface area contributed by atoms with Crippen molar-refractivity contribution in [1.82, 2.24) is 78.7 Å². The van der Waals surface area contributed by atoms with Gasteiger partial charge in [0, 0.05) is 63.3 Å². The third-order valence-electron chi connectivity index (χ3n) is 15.5. The fourth-order valence-corrected chi connectivity index (χ4v) is 18.1. The van der Waals surface area contributed by atoms with E-state index in [-0.39, 0.29) is 16.5 Å². The topological polar surface area (TPSA) is 277 Å². The molecule has 8 atom stereocenters. The van der Waals surface area contributed by atoms with E-state index >= 15 is 0 Å². The molecule has 0 bridgehead atoms. The molecule has 484 valence electrons. The zero-order valence-corrected chi connectivity index (χ0v) is 58.7. The molecule has 2 fully saturated rings. The number of aryl methyl sites for hydroxylation is 2. The number of nitrogens with zero attached hydrogens (tertiary/aromatic N) is 16. The van der Waals surface area contributed by atoms with Gasteiger partial charge < -0.3 is 5.73 Å². The second-order valence-corrected chi connectivity index (χ2v) is 32.2. The number of nitrogens with two attached hydrogens (primary N) is 1. The minimum atomic E-state index is -1.14. The van der Waals surface area contributed by atoms with Gasteiger partial charge in [0.25, 0.3) is 0 Å². The summed E-state index contributed by atoms with van der Waals surface area (Å²) in [6, 6.07) is 29.6. The molecule has 2 aliphatic rings. The fourth-order valence-electron chi connectivity index (χ4n) is 10.0. The van der Waals surface area contributed by atoms with Gasteiger partial charge in [-0.1, -0.05) is 106 Å². The van der Waals surface area contributed by atoms with Crippen molar-refractivity contribution < 1.29 is 16.8 Å². The summed E-state index contributed by atoms with van der Waals surface area (Å²) in [5.74, 6) is 3.00. The normalized spacial score (nSPS) is 17.0. The van der Waals surface area contributed by atoms with Gasteiger partial charge in [0.1, 0.15) is 33.1 Å². The third kappa shape index (κ3) is 14.8. The van der Waals surface area contributed by atoms with Gasteiger partial charge >= 0.3 is 0 Å². The fraction of sp³-hybridized carbons (Fsp3) is 0.318. The Bertz CT molecular complexity index is 4900. The molecule has 8 unspecified atom stereocenters. The van der Waals surface area contributed by atoms with Crippen LogP contribution in [-0.2, 0) is 43.2 Å². The summed E-state index contributed by atoms with van der Waals surface area (Å²) in [6.45, 7) is 16.3. The van der Waals surface area contributed by atoms with Gasteiger partial charge in [0.15, 0.2) is 43.0 Å². The van der Waals surface area contributed by atoms with Crippen molar-refractivity contribution in [3.8, 4) is 43.6 Å². The monoisotopic (exact) mass is 1390 g/mol. The summed E-state index contributed by atoms with van der Waals surface area (Å²) < 4.78 is 57.5. The zero-order chi connectivity index (χ0) is 65.7. The average molecular weight is 1390 g/mol. The average Bonchev–Trinajstić information content (AvgIpc) is 1.62. The van der Waals surface area contributed by atoms with Crippen molar-refractivity contribution in [1.29, 1.82) is 0 Å². The Labute approximate surface area is 565 Å². The van der Waals surface area contributed by atoms with Crippen LogP contribution in [0, 0.1) is 25.7 Å². The number of hydrogen-bond donors (Lipinski definition) is 1. The zero-order valence-electron chi connectivity index (χ0n) is 53.0. The van der Waals surface area contributed by atoms with Crippen LogP contribution in [0.1, 0.15) is 97.5 Å². The number of imidazole rings is 2. The molecular weight excluding hydrogens is 1320 g/mol. The van der Waals surface area contributed by atoms with Crippen molar-refractivity contribution in [3.63, 3.8) is 0 Å². The van der Waals surface area contributed by atoms with Gasteiger partial charge in [-0.2, -0.15) is 15.1 Å². The van der Waals surface area contributed by atoms with E-state index in [9.17, 15) is 16.8 Å². The number of nitrogen functional groups attached to an aromatic ring is 1. The van der Waals surface area contributed by atoms with E-state index in [0.29, 0.717) is 83.1 Å². The van der Waals surface area contributed by atoms with Crippen molar-refractivity contribution in [2.45, 2.75) is 131 Å². The minimum Gasteiger partial charge on any atom is -0.396 e. The number of unbranched alkanes of at least 4 members (excludes halogenated alkanes) is 2. The van der Waals surface area contributed by atoms with Crippen molar-refractivity contribution in [3.05, 3.63) is 145 Å². The Morgan fingerprint density at radius 2 is 1.37 bits per heavy atom. The second kappa shape index (κ2) is 29.3. The molecule has 11 heterocycles. The van der Waals surface area contributed by atoms with Crippen LogP contribution in [0.25, 0.3) is 86.5 Å². The maximum absolute atomic E-state index is 12.8. The quantitative estimate of drug-likeness (QED) is 0.0781.